The van der Waals surface area contributed by atoms with E-state index in [-0.39, 0.29) is 16.8 Å². The van der Waals surface area contributed by atoms with E-state index < -0.39 is 20.5 Å². The summed E-state index contributed by atoms with van der Waals surface area (Å²) in [6, 6.07) is 31.1. The summed E-state index contributed by atoms with van der Waals surface area (Å²) in [4.78, 5) is 8.65. The minimum Gasteiger partial charge on any atom is -0.364 e. The summed E-state index contributed by atoms with van der Waals surface area (Å²) in [5.74, 6) is 0. The molecule has 2 aromatic heterocycles. The zero-order valence-corrected chi connectivity index (χ0v) is 29.5. The molecule has 0 saturated carbocycles. The molecular formula is C28H28Cl2CoN8O8S2. The van der Waals surface area contributed by atoms with Crippen molar-refractivity contribution in [2.45, 2.75) is 0 Å². The third-order valence-electron chi connectivity index (χ3n) is 4.90. The van der Waals surface area contributed by atoms with Crippen LogP contribution in [0.4, 0.5) is 0 Å². The van der Waals surface area contributed by atoms with Crippen LogP contribution in [0.15, 0.2) is 120 Å². The largest absolute Gasteiger partial charge is 2.00 e. The van der Waals surface area contributed by atoms with Crippen LogP contribution in [-0.4, -0.2) is 45.7 Å². The van der Waals surface area contributed by atoms with E-state index in [1.54, 1.807) is 26.5 Å². The minimum atomic E-state index is -4.94. The van der Waals surface area contributed by atoms with Crippen LogP contribution in [0.1, 0.15) is 22.5 Å². The van der Waals surface area contributed by atoms with Gasteiger partial charge in [0.25, 0.3) is 0 Å². The molecule has 4 aromatic rings. The Kier molecular flexibility index (Phi) is 22.5. The molecule has 2 aromatic carbocycles. The molecule has 49 heavy (non-hydrogen) atoms. The summed E-state index contributed by atoms with van der Waals surface area (Å²) in [6.07, 6.45) is 3.48. The normalized spacial score (nSPS) is 10.9. The standard InChI is InChI=1S/2C14H14N4S.2ClHO4.Co/c2*1-15-14(19)18-17-13(11-7-3-2-4-8-11)12-9-5-6-10-16-12;2*2-1(3,4)5;/h2*2-10H,1H3,(H2,15,18,19);2*(H,2,3,4,5);/q;;;;+2/p-2/b2*17-13+;;;. The molecule has 2 heterocycles. The first-order valence-electron chi connectivity index (χ1n) is 12.9. The number of halogens is 2. The van der Waals surface area contributed by atoms with Gasteiger partial charge in [-0.25, -0.2) is 37.3 Å². The summed E-state index contributed by atoms with van der Waals surface area (Å²) < 4.78 is 67.9. The van der Waals surface area contributed by atoms with E-state index in [1.807, 2.05) is 97.1 Å². The van der Waals surface area contributed by atoms with Crippen LogP contribution in [0, 0.1) is 20.5 Å². The summed E-state index contributed by atoms with van der Waals surface area (Å²) in [7, 11) is -6.40. The molecule has 1 radical (unpaired) electrons. The molecule has 0 aliphatic rings. The van der Waals surface area contributed by atoms with E-state index >= 15 is 0 Å². The Morgan fingerprint density at radius 3 is 1.06 bits per heavy atom. The molecule has 0 atom stereocenters. The number of benzene rings is 2. The first-order chi connectivity index (χ1) is 22.6. The molecule has 0 bridgehead atoms. The van der Waals surface area contributed by atoms with Crippen molar-refractivity contribution in [3.8, 4) is 0 Å². The van der Waals surface area contributed by atoms with Gasteiger partial charge in [0.1, 0.15) is 11.4 Å². The van der Waals surface area contributed by atoms with Gasteiger partial charge in [-0.3, -0.25) is 20.8 Å². The van der Waals surface area contributed by atoms with Gasteiger partial charge in [-0.1, -0.05) is 72.8 Å². The minimum absolute atomic E-state index is 0. The number of hydrazone groups is 2. The number of hydrogen-bond donors (Lipinski definition) is 4. The molecule has 0 saturated heterocycles. The molecule has 21 heteroatoms. The number of nitrogens with zero attached hydrogens (tertiary/aromatic N) is 4. The number of hydrogen-bond acceptors (Lipinski definition) is 14. The van der Waals surface area contributed by atoms with Gasteiger partial charge in [-0.15, -0.1) is 20.5 Å². The molecular weight excluding hydrogens is 770 g/mol. The average Bonchev–Trinajstić information content (AvgIpc) is 3.05. The zero-order chi connectivity index (χ0) is 36.0. The predicted octanol–water partition coefficient (Wildman–Crippen LogP) is -5.66. The maximum Gasteiger partial charge on any atom is 2.00 e. The Bertz CT molecular complexity index is 1360. The molecule has 0 unspecified atom stereocenters. The fourth-order valence-corrected chi connectivity index (χ4v) is 3.15. The first-order valence-corrected chi connectivity index (χ1v) is 16.2. The molecule has 0 amide bonds. The smallest absolute Gasteiger partial charge is 0.364 e. The second-order valence-corrected chi connectivity index (χ2v) is 10.5. The Morgan fingerprint density at radius 1 is 0.531 bits per heavy atom. The molecule has 0 aliphatic heterocycles. The van der Waals surface area contributed by atoms with Gasteiger partial charge in [0.15, 0.2) is 10.2 Å². The van der Waals surface area contributed by atoms with Crippen LogP contribution in [0.25, 0.3) is 0 Å². The molecule has 0 fully saturated rings. The number of nitrogens with one attached hydrogen (secondary N) is 4. The van der Waals surface area contributed by atoms with Crippen molar-refractivity contribution in [3.05, 3.63) is 132 Å². The predicted molar refractivity (Wildman–Crippen MR) is 162 cm³/mol. The molecule has 0 aliphatic carbocycles. The van der Waals surface area contributed by atoms with Gasteiger partial charge in [-0.2, -0.15) is 10.2 Å². The van der Waals surface area contributed by atoms with Crippen molar-refractivity contribution in [2.75, 3.05) is 14.1 Å². The Labute approximate surface area is 306 Å². The number of aromatic nitrogens is 2. The Morgan fingerprint density at radius 2 is 0.816 bits per heavy atom. The maximum absolute atomic E-state index is 8.49. The van der Waals surface area contributed by atoms with Crippen LogP contribution in [0.2, 0.25) is 0 Å². The summed E-state index contributed by atoms with van der Waals surface area (Å²) in [6.45, 7) is 0. The first kappa shape index (κ1) is 45.2. The van der Waals surface area contributed by atoms with Gasteiger partial charge >= 0.3 is 16.8 Å². The van der Waals surface area contributed by atoms with Crippen molar-refractivity contribution >= 4 is 46.1 Å². The van der Waals surface area contributed by atoms with E-state index in [0.717, 1.165) is 33.9 Å². The van der Waals surface area contributed by atoms with E-state index in [1.165, 1.54) is 0 Å². The topological polar surface area (TPSA) is 283 Å². The Balaban J connectivity index is 0.000000727. The van der Waals surface area contributed by atoms with Crippen molar-refractivity contribution in [3.63, 3.8) is 0 Å². The molecule has 0 spiro atoms. The summed E-state index contributed by atoms with van der Waals surface area (Å²) in [5.41, 5.74) is 10.6. The van der Waals surface area contributed by atoms with Gasteiger partial charge in [0, 0.05) is 37.6 Å². The fraction of sp³-hybridized carbons (Fsp3) is 0.0714. The number of thiocarbonyl (C=S) groups is 2. The summed E-state index contributed by atoms with van der Waals surface area (Å²) in [5, 5.41) is 15.2. The molecule has 263 valence electrons. The molecule has 4 N–H and O–H groups in total. The second-order valence-electron chi connectivity index (χ2n) is 8.22. The van der Waals surface area contributed by atoms with E-state index in [2.05, 4.69) is 41.7 Å². The van der Waals surface area contributed by atoms with Crippen LogP contribution < -0.4 is 58.8 Å². The van der Waals surface area contributed by atoms with Crippen LogP contribution in [-0.2, 0) is 16.8 Å². The van der Waals surface area contributed by atoms with Gasteiger partial charge in [0.2, 0.25) is 0 Å². The number of rotatable bonds is 6. The SMILES string of the molecule is CNC(=S)N/N=C(\c1ccccc1)c1ccccn1.CNC(=S)N/N=C(\c1ccccc1)c1ccccn1.[Co+2].[O-][Cl+3]([O-])([O-])[O-].[O-][Cl+3]([O-])([O-])[O-]. The van der Waals surface area contributed by atoms with Crippen LogP contribution in [0.5, 0.6) is 0 Å². The average molecular weight is 799 g/mol. The van der Waals surface area contributed by atoms with Crippen molar-refractivity contribution in [1.29, 1.82) is 0 Å². The van der Waals surface area contributed by atoms with Crippen molar-refractivity contribution in [1.82, 2.24) is 31.5 Å². The van der Waals surface area contributed by atoms with Crippen LogP contribution >= 0.6 is 24.4 Å². The third-order valence-corrected chi connectivity index (χ3v) is 5.49. The van der Waals surface area contributed by atoms with Gasteiger partial charge < -0.3 is 10.6 Å². The quantitative estimate of drug-likeness (QED) is 0.0804. The van der Waals surface area contributed by atoms with Gasteiger partial charge in [0.05, 0.1) is 11.4 Å². The summed E-state index contributed by atoms with van der Waals surface area (Å²) >= 11 is 10.0. The van der Waals surface area contributed by atoms with Crippen molar-refractivity contribution < 1.29 is 74.5 Å². The van der Waals surface area contributed by atoms with E-state index in [4.69, 9.17) is 61.7 Å². The van der Waals surface area contributed by atoms with Crippen LogP contribution in [0.3, 0.4) is 0 Å². The Hall–Kier alpha value is -3.77. The second kappa shape index (κ2) is 24.4. The van der Waals surface area contributed by atoms with E-state index in [0.29, 0.717) is 10.2 Å². The monoisotopic (exact) mass is 797 g/mol. The molecule has 4 rings (SSSR count). The van der Waals surface area contributed by atoms with E-state index in [9.17, 15) is 0 Å². The zero-order valence-electron chi connectivity index (χ0n) is 25.4. The fourth-order valence-electron chi connectivity index (χ4n) is 3.06. The maximum atomic E-state index is 8.49. The number of pyridine rings is 2. The van der Waals surface area contributed by atoms with Gasteiger partial charge in [-0.05, 0) is 48.7 Å². The van der Waals surface area contributed by atoms with Crippen molar-refractivity contribution in [2.24, 2.45) is 10.2 Å². The third kappa shape index (κ3) is 23.3. The molecule has 16 nitrogen and oxygen atoms in total.